The monoisotopic (exact) mass is 386 g/mol. The Morgan fingerprint density at radius 1 is 1.32 bits per heavy atom. The van der Waals surface area contributed by atoms with Crippen LogP contribution in [0.15, 0.2) is 12.4 Å². The average Bonchev–Trinajstić information content (AvgIpc) is 2.86. The number of aromatic nitrogens is 4. The zero-order valence-corrected chi connectivity index (χ0v) is 13.4. The second kappa shape index (κ2) is 7.78. The molecule has 7 nitrogen and oxygen atoms in total. The van der Waals surface area contributed by atoms with Gasteiger partial charge in [0.1, 0.15) is 11.4 Å². The Kier molecular flexibility index (Phi) is 5.95. The summed E-state index contributed by atoms with van der Waals surface area (Å²) in [5.74, 6) is -0.568. The molecule has 2 aromatic heterocycles. The van der Waals surface area contributed by atoms with Crippen molar-refractivity contribution in [1.29, 1.82) is 0 Å². The number of nitrogens with one attached hydrogen (secondary N) is 2. The lowest BCUT2D eigenvalue weighted by molar-refractivity contribution is -0.137. The lowest BCUT2D eigenvalue weighted by Gasteiger charge is -2.12. The fourth-order valence-electron chi connectivity index (χ4n) is 1.80. The van der Waals surface area contributed by atoms with Crippen LogP contribution in [0.3, 0.4) is 0 Å². The lowest BCUT2D eigenvalue weighted by atomic mass is 10.3. The van der Waals surface area contributed by atoms with E-state index in [9.17, 15) is 22.0 Å². The van der Waals surface area contributed by atoms with Crippen LogP contribution in [-0.4, -0.2) is 40.0 Å². The summed E-state index contributed by atoms with van der Waals surface area (Å²) in [4.78, 5) is 7.30. The number of anilines is 3. The van der Waals surface area contributed by atoms with E-state index in [0.29, 0.717) is 6.20 Å². The van der Waals surface area contributed by atoms with Crippen LogP contribution in [0.5, 0.6) is 0 Å². The molecule has 138 valence electrons. The molecule has 2 aromatic rings. The van der Waals surface area contributed by atoms with Crippen molar-refractivity contribution < 1.29 is 26.7 Å². The van der Waals surface area contributed by atoms with E-state index in [1.54, 1.807) is 0 Å². The number of hydrogen-bond acceptors (Lipinski definition) is 6. The summed E-state index contributed by atoms with van der Waals surface area (Å²) >= 11 is 6.01. The summed E-state index contributed by atoms with van der Waals surface area (Å²) in [5.41, 5.74) is -0.827. The molecular weight excluding hydrogens is 375 g/mol. The third-order valence-corrected chi connectivity index (χ3v) is 3.30. The van der Waals surface area contributed by atoms with Gasteiger partial charge in [-0.15, -0.1) is 0 Å². The van der Waals surface area contributed by atoms with E-state index in [1.807, 2.05) is 0 Å². The molecule has 0 aliphatic rings. The largest absolute Gasteiger partial charge is 0.421 e. The highest BCUT2D eigenvalue weighted by atomic mass is 35.5. The first-order valence-electron chi connectivity index (χ1n) is 6.72. The van der Waals surface area contributed by atoms with Gasteiger partial charge >= 0.3 is 12.8 Å². The van der Waals surface area contributed by atoms with Crippen molar-refractivity contribution in [2.45, 2.75) is 19.3 Å². The molecule has 0 radical (unpaired) electrons. The van der Waals surface area contributed by atoms with E-state index >= 15 is 0 Å². The van der Waals surface area contributed by atoms with Crippen LogP contribution in [0.2, 0.25) is 5.15 Å². The van der Waals surface area contributed by atoms with Gasteiger partial charge in [0, 0.05) is 13.2 Å². The average molecular weight is 387 g/mol. The van der Waals surface area contributed by atoms with Crippen LogP contribution < -0.4 is 10.6 Å². The number of halogens is 6. The van der Waals surface area contributed by atoms with Crippen molar-refractivity contribution in [3.8, 4) is 0 Å². The first kappa shape index (κ1) is 19.1. The maximum Gasteiger partial charge on any atom is 0.421 e. The highest BCUT2D eigenvalue weighted by Crippen LogP contribution is 2.34. The SMILES string of the molecule is CNc1nc(Nc2cnn(CCOC(F)F)c2Cl)ncc1C(F)(F)F. The van der Waals surface area contributed by atoms with Crippen LogP contribution in [0, 0.1) is 0 Å². The van der Waals surface area contributed by atoms with E-state index in [2.05, 4.69) is 30.4 Å². The minimum atomic E-state index is -4.61. The van der Waals surface area contributed by atoms with Crippen molar-refractivity contribution in [2.24, 2.45) is 0 Å². The Morgan fingerprint density at radius 2 is 2.04 bits per heavy atom. The van der Waals surface area contributed by atoms with Crippen molar-refractivity contribution in [3.63, 3.8) is 0 Å². The van der Waals surface area contributed by atoms with E-state index < -0.39 is 24.2 Å². The van der Waals surface area contributed by atoms with Crippen molar-refractivity contribution in [2.75, 3.05) is 24.3 Å². The fourth-order valence-corrected chi connectivity index (χ4v) is 2.02. The molecule has 0 fully saturated rings. The molecule has 25 heavy (non-hydrogen) atoms. The Hall–Kier alpha value is -2.21. The zero-order chi connectivity index (χ0) is 18.6. The summed E-state index contributed by atoms with van der Waals surface area (Å²) in [6, 6.07) is 0. The number of hydrogen-bond donors (Lipinski definition) is 2. The summed E-state index contributed by atoms with van der Waals surface area (Å²) in [7, 11) is 1.29. The summed E-state index contributed by atoms with van der Waals surface area (Å²) in [6.45, 7) is -3.27. The van der Waals surface area contributed by atoms with E-state index in [4.69, 9.17) is 11.6 Å². The summed E-state index contributed by atoms with van der Waals surface area (Å²) < 4.78 is 67.5. The fraction of sp³-hybridized carbons (Fsp3) is 0.417. The molecular formula is C12H12ClF5N6O. The highest BCUT2D eigenvalue weighted by Gasteiger charge is 2.35. The van der Waals surface area contributed by atoms with Gasteiger partial charge in [0.05, 0.1) is 25.0 Å². The Morgan fingerprint density at radius 3 is 2.64 bits per heavy atom. The van der Waals surface area contributed by atoms with Gasteiger partial charge in [0.25, 0.3) is 0 Å². The van der Waals surface area contributed by atoms with Crippen molar-refractivity contribution in [1.82, 2.24) is 19.7 Å². The topological polar surface area (TPSA) is 76.9 Å². The van der Waals surface area contributed by atoms with Crippen molar-refractivity contribution in [3.05, 3.63) is 23.1 Å². The van der Waals surface area contributed by atoms with Gasteiger partial charge in [-0.2, -0.15) is 32.0 Å². The molecule has 0 bridgehead atoms. The molecule has 0 unspecified atom stereocenters. The molecule has 13 heteroatoms. The Balaban J connectivity index is 2.13. The van der Waals surface area contributed by atoms with E-state index in [-0.39, 0.29) is 29.9 Å². The number of nitrogens with zero attached hydrogens (tertiary/aromatic N) is 4. The molecule has 0 atom stereocenters. The standard InChI is InChI=1S/C12H12ClF5N6O/c1-19-9-6(12(16,17)18)4-20-11(23-9)22-7-5-21-24(8(7)13)2-3-25-10(14)15/h4-5,10H,2-3H2,1H3,(H2,19,20,22,23). The minimum absolute atomic E-state index is 0.0346. The quantitative estimate of drug-likeness (QED) is 0.710. The minimum Gasteiger partial charge on any atom is -0.372 e. The molecule has 2 rings (SSSR count). The van der Waals surface area contributed by atoms with Crippen molar-refractivity contribution >= 4 is 29.1 Å². The van der Waals surface area contributed by atoms with Gasteiger partial charge in [-0.3, -0.25) is 0 Å². The summed E-state index contributed by atoms with van der Waals surface area (Å²) in [5, 5.41) is 8.83. The Bertz CT molecular complexity index is 723. The second-order valence-corrected chi connectivity index (χ2v) is 4.89. The van der Waals surface area contributed by atoms with Crippen LogP contribution in [0.25, 0.3) is 0 Å². The van der Waals surface area contributed by atoms with Gasteiger partial charge in [0.2, 0.25) is 5.95 Å². The van der Waals surface area contributed by atoms with Crippen LogP contribution >= 0.6 is 11.6 Å². The maximum absolute atomic E-state index is 12.8. The molecule has 2 heterocycles. The van der Waals surface area contributed by atoms with E-state index in [0.717, 1.165) is 0 Å². The third-order valence-electron chi connectivity index (χ3n) is 2.90. The normalized spacial score (nSPS) is 11.8. The number of ether oxygens (including phenoxy) is 1. The molecule has 0 saturated heterocycles. The molecule has 0 aromatic carbocycles. The first-order chi connectivity index (χ1) is 11.7. The first-order valence-corrected chi connectivity index (χ1v) is 7.10. The van der Waals surface area contributed by atoms with Gasteiger partial charge < -0.3 is 15.4 Å². The lowest BCUT2D eigenvalue weighted by Crippen LogP contribution is -2.12. The molecule has 0 aliphatic heterocycles. The predicted molar refractivity (Wildman–Crippen MR) is 79.1 cm³/mol. The number of alkyl halides is 5. The van der Waals surface area contributed by atoms with Gasteiger partial charge in [0.15, 0.2) is 5.15 Å². The molecule has 0 saturated carbocycles. The maximum atomic E-state index is 12.8. The van der Waals surface area contributed by atoms with Crippen LogP contribution in [0.1, 0.15) is 5.56 Å². The third kappa shape index (κ3) is 4.89. The molecule has 0 amide bonds. The molecule has 0 spiro atoms. The van der Waals surface area contributed by atoms with E-state index in [1.165, 1.54) is 17.9 Å². The van der Waals surface area contributed by atoms with Gasteiger partial charge in [-0.25, -0.2) is 9.67 Å². The van der Waals surface area contributed by atoms with Crippen LogP contribution in [-0.2, 0) is 17.5 Å². The predicted octanol–water partition coefficient (Wildman–Crippen LogP) is 3.37. The van der Waals surface area contributed by atoms with Gasteiger partial charge in [-0.05, 0) is 0 Å². The smallest absolute Gasteiger partial charge is 0.372 e. The Labute approximate surface area is 143 Å². The highest BCUT2D eigenvalue weighted by molar-refractivity contribution is 6.32. The van der Waals surface area contributed by atoms with Gasteiger partial charge in [-0.1, -0.05) is 11.6 Å². The van der Waals surface area contributed by atoms with Crippen LogP contribution in [0.4, 0.5) is 39.4 Å². The summed E-state index contributed by atoms with van der Waals surface area (Å²) in [6.07, 6.45) is -2.73. The number of rotatable bonds is 7. The second-order valence-electron chi connectivity index (χ2n) is 4.53. The molecule has 0 aliphatic carbocycles. The molecule has 2 N–H and O–H groups in total. The zero-order valence-electron chi connectivity index (χ0n) is 12.6.